The molecule has 20 heavy (non-hydrogen) atoms. The lowest BCUT2D eigenvalue weighted by Crippen LogP contribution is -2.35. The zero-order valence-electron chi connectivity index (χ0n) is 10.8. The van der Waals surface area contributed by atoms with Crippen LogP contribution in [-0.2, 0) is 17.7 Å². The maximum absolute atomic E-state index is 12.0. The molecule has 0 aromatic carbocycles. The van der Waals surface area contributed by atoms with Crippen LogP contribution in [0.2, 0.25) is 0 Å². The Morgan fingerprint density at radius 3 is 3.05 bits per heavy atom. The van der Waals surface area contributed by atoms with Crippen LogP contribution in [0.25, 0.3) is 10.2 Å². The van der Waals surface area contributed by atoms with Crippen molar-refractivity contribution >= 4 is 39.9 Å². The first kappa shape index (κ1) is 13.3. The number of rotatable bonds is 1. The molecule has 1 aliphatic rings. The van der Waals surface area contributed by atoms with Crippen molar-refractivity contribution in [2.75, 3.05) is 13.2 Å². The monoisotopic (exact) mass is 311 g/mol. The summed E-state index contributed by atoms with van der Waals surface area (Å²) in [5.41, 5.74) is 0.851. The van der Waals surface area contributed by atoms with E-state index in [0.717, 1.165) is 15.3 Å². The maximum atomic E-state index is 12.0. The fourth-order valence-electron chi connectivity index (χ4n) is 2.40. The van der Waals surface area contributed by atoms with Crippen LogP contribution in [0, 0.1) is 4.77 Å². The number of aromatic amines is 2. The van der Waals surface area contributed by atoms with Crippen molar-refractivity contribution in [3.63, 3.8) is 0 Å². The van der Waals surface area contributed by atoms with Gasteiger partial charge in [0.1, 0.15) is 4.83 Å². The van der Waals surface area contributed by atoms with Gasteiger partial charge in [-0.1, -0.05) is 0 Å². The third-order valence-corrected chi connectivity index (χ3v) is 4.60. The Bertz CT molecular complexity index is 789. The number of nitrogens with zero attached hydrogens (tertiary/aromatic N) is 1. The van der Waals surface area contributed by atoms with Gasteiger partial charge in [-0.2, -0.15) is 0 Å². The Labute approximate surface area is 123 Å². The third kappa shape index (κ3) is 2.14. The molecule has 106 valence electrons. The molecule has 2 aromatic heterocycles. The van der Waals surface area contributed by atoms with Crippen LogP contribution in [-0.4, -0.2) is 34.1 Å². The van der Waals surface area contributed by atoms with Gasteiger partial charge in [0.25, 0.3) is 5.56 Å². The van der Waals surface area contributed by atoms with E-state index in [0.29, 0.717) is 36.3 Å². The van der Waals surface area contributed by atoms with Gasteiger partial charge in [0, 0.05) is 11.4 Å². The summed E-state index contributed by atoms with van der Waals surface area (Å²) in [7, 11) is 0. The van der Waals surface area contributed by atoms with Gasteiger partial charge < -0.3 is 14.6 Å². The standard InChI is InChI=1S/C12H13N3O3S2/c1-2-18-12(17)15-4-3-6-7(5-15)20-10-8(6)9(16)13-11(19)14-10/h2-5H2,1H3,(H2,13,14,16,19). The number of hydrogen-bond donors (Lipinski definition) is 2. The molecule has 0 unspecified atom stereocenters. The lowest BCUT2D eigenvalue weighted by molar-refractivity contribution is 0.103. The van der Waals surface area contributed by atoms with Crippen molar-refractivity contribution in [3.05, 3.63) is 25.6 Å². The molecule has 0 bridgehead atoms. The van der Waals surface area contributed by atoms with Crippen molar-refractivity contribution < 1.29 is 9.53 Å². The second-order valence-electron chi connectivity index (χ2n) is 4.49. The van der Waals surface area contributed by atoms with Gasteiger partial charge in [-0.25, -0.2) is 4.79 Å². The van der Waals surface area contributed by atoms with E-state index >= 15 is 0 Å². The summed E-state index contributed by atoms with van der Waals surface area (Å²) in [6.45, 7) is 3.19. The zero-order chi connectivity index (χ0) is 14.3. The molecule has 6 nitrogen and oxygen atoms in total. The Hall–Kier alpha value is -1.67. The molecule has 0 saturated heterocycles. The first-order chi connectivity index (χ1) is 9.60. The number of nitrogens with one attached hydrogen (secondary N) is 2. The molecule has 2 N–H and O–H groups in total. The first-order valence-electron chi connectivity index (χ1n) is 6.28. The summed E-state index contributed by atoms with van der Waals surface area (Å²) in [6.07, 6.45) is 0.347. The summed E-state index contributed by atoms with van der Waals surface area (Å²) in [6, 6.07) is 0. The lowest BCUT2D eigenvalue weighted by atomic mass is 10.1. The molecule has 0 saturated carbocycles. The van der Waals surface area contributed by atoms with Crippen molar-refractivity contribution in [2.24, 2.45) is 0 Å². The fourth-order valence-corrected chi connectivity index (χ4v) is 3.93. The number of carbonyl (C=O) groups is 1. The molecule has 8 heteroatoms. The second kappa shape index (κ2) is 5.02. The van der Waals surface area contributed by atoms with Crippen molar-refractivity contribution in [1.82, 2.24) is 14.9 Å². The number of amides is 1. The summed E-state index contributed by atoms with van der Waals surface area (Å²) in [5, 5.41) is 0.669. The summed E-state index contributed by atoms with van der Waals surface area (Å²) < 4.78 is 5.34. The van der Waals surface area contributed by atoms with E-state index in [-0.39, 0.29) is 11.7 Å². The molecule has 0 spiro atoms. The highest BCUT2D eigenvalue weighted by Gasteiger charge is 2.26. The molecule has 0 aliphatic carbocycles. The summed E-state index contributed by atoms with van der Waals surface area (Å²) >= 11 is 6.45. The predicted octanol–water partition coefficient (Wildman–Crippen LogP) is 2.16. The van der Waals surface area contributed by atoms with Crippen LogP contribution < -0.4 is 5.56 Å². The lowest BCUT2D eigenvalue weighted by Gasteiger charge is -2.25. The average Bonchev–Trinajstić information content (AvgIpc) is 2.75. The van der Waals surface area contributed by atoms with E-state index in [2.05, 4.69) is 9.97 Å². The van der Waals surface area contributed by atoms with E-state index in [1.165, 1.54) is 11.3 Å². The minimum absolute atomic E-state index is 0.161. The van der Waals surface area contributed by atoms with E-state index < -0.39 is 0 Å². The van der Waals surface area contributed by atoms with Gasteiger partial charge >= 0.3 is 6.09 Å². The smallest absolute Gasteiger partial charge is 0.410 e. The highest BCUT2D eigenvalue weighted by atomic mass is 32.1. The molecule has 3 heterocycles. The van der Waals surface area contributed by atoms with Gasteiger partial charge in [0.15, 0.2) is 4.77 Å². The second-order valence-corrected chi connectivity index (χ2v) is 6.00. The number of H-pyrrole nitrogens is 2. The van der Waals surface area contributed by atoms with Gasteiger partial charge in [-0.3, -0.25) is 9.78 Å². The number of aromatic nitrogens is 2. The minimum Gasteiger partial charge on any atom is -0.450 e. The maximum Gasteiger partial charge on any atom is 0.410 e. The number of thiophene rings is 1. The number of hydrogen-bond acceptors (Lipinski definition) is 5. The molecule has 0 radical (unpaired) electrons. The molecule has 0 fully saturated rings. The molecule has 0 atom stereocenters. The van der Waals surface area contributed by atoms with Gasteiger partial charge in [0.2, 0.25) is 0 Å². The van der Waals surface area contributed by atoms with Gasteiger partial charge in [0.05, 0.1) is 18.5 Å². The zero-order valence-corrected chi connectivity index (χ0v) is 12.4. The Morgan fingerprint density at radius 1 is 1.50 bits per heavy atom. The molecule has 1 aliphatic heterocycles. The quantitative estimate of drug-likeness (QED) is 0.791. The highest BCUT2D eigenvalue weighted by Crippen LogP contribution is 2.32. The number of carbonyl (C=O) groups excluding carboxylic acids is 1. The largest absolute Gasteiger partial charge is 0.450 e. The van der Waals surface area contributed by atoms with Crippen molar-refractivity contribution in [2.45, 2.75) is 19.9 Å². The highest BCUT2D eigenvalue weighted by molar-refractivity contribution is 7.71. The molecular weight excluding hydrogens is 298 g/mol. The third-order valence-electron chi connectivity index (χ3n) is 3.26. The van der Waals surface area contributed by atoms with E-state index in [1.807, 2.05) is 0 Å². The average molecular weight is 311 g/mol. The Morgan fingerprint density at radius 2 is 2.30 bits per heavy atom. The van der Waals surface area contributed by atoms with Crippen LogP contribution in [0.15, 0.2) is 4.79 Å². The topological polar surface area (TPSA) is 78.2 Å². The molecule has 2 aromatic rings. The van der Waals surface area contributed by atoms with Crippen molar-refractivity contribution in [3.8, 4) is 0 Å². The van der Waals surface area contributed by atoms with Gasteiger partial charge in [-0.05, 0) is 31.1 Å². The van der Waals surface area contributed by atoms with Gasteiger partial charge in [-0.15, -0.1) is 11.3 Å². The van der Waals surface area contributed by atoms with E-state index in [9.17, 15) is 9.59 Å². The molecular formula is C12H13N3O3S2. The first-order valence-corrected chi connectivity index (χ1v) is 7.51. The van der Waals surface area contributed by atoms with E-state index in [1.54, 1.807) is 11.8 Å². The van der Waals surface area contributed by atoms with Crippen LogP contribution in [0.3, 0.4) is 0 Å². The molecule has 3 rings (SSSR count). The van der Waals surface area contributed by atoms with Crippen LogP contribution >= 0.6 is 23.6 Å². The van der Waals surface area contributed by atoms with Crippen LogP contribution in [0.1, 0.15) is 17.4 Å². The predicted molar refractivity (Wildman–Crippen MR) is 78.8 cm³/mol. The number of fused-ring (bicyclic) bond motifs is 3. The Kier molecular flexibility index (Phi) is 3.35. The molecule has 1 amide bonds. The summed E-state index contributed by atoms with van der Waals surface area (Å²) in [5.74, 6) is 0. The Balaban J connectivity index is 2.03. The van der Waals surface area contributed by atoms with Crippen molar-refractivity contribution in [1.29, 1.82) is 0 Å². The number of ether oxygens (including phenoxy) is 1. The fraction of sp³-hybridized carbons (Fsp3) is 0.417. The normalized spacial score (nSPS) is 14.3. The van der Waals surface area contributed by atoms with E-state index in [4.69, 9.17) is 17.0 Å². The minimum atomic E-state index is -0.308. The van der Waals surface area contributed by atoms with Crippen LogP contribution in [0.4, 0.5) is 4.79 Å². The SMILES string of the molecule is CCOC(=O)N1CCc2c(sc3[nH]c(=S)[nH]c(=O)c23)C1. The van der Waals surface area contributed by atoms with Crippen LogP contribution in [0.5, 0.6) is 0 Å². The summed E-state index contributed by atoms with van der Waals surface area (Å²) in [4.78, 5) is 32.8.